The van der Waals surface area contributed by atoms with Crippen molar-refractivity contribution in [2.45, 2.75) is 69.7 Å². The van der Waals surface area contributed by atoms with E-state index >= 15 is 0 Å². The van der Waals surface area contributed by atoms with Crippen LogP contribution in [-0.2, 0) is 30.4 Å². The van der Waals surface area contributed by atoms with Crippen molar-refractivity contribution in [2.24, 2.45) is 5.73 Å². The van der Waals surface area contributed by atoms with Crippen LogP contribution in [0.5, 0.6) is 11.5 Å². The first-order valence-corrected chi connectivity index (χ1v) is 21.4. The van der Waals surface area contributed by atoms with Gasteiger partial charge in [0.25, 0.3) is 5.91 Å². The van der Waals surface area contributed by atoms with Crippen LogP contribution in [0.3, 0.4) is 0 Å². The number of hydrogen-bond donors (Lipinski definition) is 8. The number of unbranched alkanes of at least 4 members (excludes halogenated alkanes) is 1. The molecular formula is C47H52ClN9O8. The molecule has 0 spiro atoms. The van der Waals surface area contributed by atoms with Crippen LogP contribution in [0.1, 0.15) is 60.6 Å². The normalized spacial score (nSPS) is 17.0. The van der Waals surface area contributed by atoms with Crippen LogP contribution in [0.4, 0.5) is 5.82 Å². The minimum absolute atomic E-state index is 0.103. The van der Waals surface area contributed by atoms with Crippen molar-refractivity contribution < 1.29 is 39.0 Å². The predicted octanol–water partition coefficient (Wildman–Crippen LogP) is 3.95. The lowest BCUT2D eigenvalue weighted by molar-refractivity contribution is -0.141. The van der Waals surface area contributed by atoms with Gasteiger partial charge >= 0.3 is 0 Å². The fourth-order valence-corrected chi connectivity index (χ4v) is 7.68. The molecule has 17 nitrogen and oxygen atoms in total. The second-order valence-electron chi connectivity index (χ2n) is 15.9. The van der Waals surface area contributed by atoms with Gasteiger partial charge in [0.2, 0.25) is 29.5 Å². The maximum absolute atomic E-state index is 14.6. The molecule has 4 bridgehead atoms. The molecule has 65 heavy (non-hydrogen) atoms. The van der Waals surface area contributed by atoms with Gasteiger partial charge in [0, 0.05) is 48.3 Å². The number of halogens is 1. The highest BCUT2D eigenvalue weighted by atomic mass is 35.5. The average Bonchev–Trinajstić information content (AvgIpc) is 3.84. The monoisotopic (exact) mass is 905 g/mol. The van der Waals surface area contributed by atoms with Crippen LogP contribution in [0.15, 0.2) is 97.2 Å². The van der Waals surface area contributed by atoms with Gasteiger partial charge < -0.3 is 42.1 Å². The van der Waals surface area contributed by atoms with Crippen molar-refractivity contribution in [2.75, 3.05) is 25.5 Å². The number of hydrogen-bond acceptors (Lipinski definition) is 10. The number of carbonyl (C=O) groups is 6. The summed E-state index contributed by atoms with van der Waals surface area (Å²) in [6, 6.07) is 18.2. The molecule has 18 heteroatoms. The Labute approximate surface area is 380 Å². The van der Waals surface area contributed by atoms with E-state index in [1.807, 2.05) is 12.1 Å². The van der Waals surface area contributed by atoms with Crippen LogP contribution >= 0.6 is 11.6 Å². The summed E-state index contributed by atoms with van der Waals surface area (Å²) in [5.41, 5.74) is 8.72. The number of nitrogens with one attached hydrogen (secondary N) is 5. The van der Waals surface area contributed by atoms with Gasteiger partial charge in [0.15, 0.2) is 0 Å². The highest BCUT2D eigenvalue weighted by molar-refractivity contribution is 6.30. The molecule has 1 aromatic heterocycles. The maximum atomic E-state index is 14.6. The van der Waals surface area contributed by atoms with Crippen LogP contribution in [0, 0.1) is 0 Å². The minimum atomic E-state index is -1.45. The largest absolute Gasteiger partial charge is 0.507 e. The van der Waals surface area contributed by atoms with Crippen molar-refractivity contribution in [3.8, 4) is 33.8 Å². The number of nitrogens with zero attached hydrogens (tertiary/aromatic N) is 3. The summed E-state index contributed by atoms with van der Waals surface area (Å²) >= 11 is 6.05. The molecule has 0 saturated carbocycles. The Kier molecular flexibility index (Phi) is 15.2. The predicted molar refractivity (Wildman–Crippen MR) is 245 cm³/mol. The molecule has 5 aromatic rings. The van der Waals surface area contributed by atoms with E-state index < -0.39 is 65.7 Å². The van der Waals surface area contributed by atoms with Crippen molar-refractivity contribution in [1.82, 2.24) is 36.4 Å². The number of phenolic OH excluding ortho intramolecular Hbond substituents is 2. The summed E-state index contributed by atoms with van der Waals surface area (Å²) in [4.78, 5) is 86.2. The standard InChI is InChI=1S/C47H52ClN9O8/c1-26-42(60)54-37(44(62)52-27(2)46(64)56(3)40-20-22-50-55-40)24-28-8-18-38(58)34(23-28)35-25-32(15-19-39(35)59)41(45(63)51-26)57(4)47(65)36(7-5-6-21-49)53-43(61)31-11-9-29(10-12-31)30-13-16-33(48)17-14-30/h8-20,22-23,25-27,36-37,41,58-59H,5-7,21,24,49H2,1-4H3,(H,50,55)(H,51,63)(H,52,62)(H,53,61)(H,54,60). The third kappa shape index (κ3) is 11.3. The number of phenols is 2. The molecule has 4 aromatic carbocycles. The van der Waals surface area contributed by atoms with Gasteiger partial charge in [-0.1, -0.05) is 48.0 Å². The number of H-pyrrole nitrogens is 1. The molecule has 6 rings (SSSR count). The number of rotatable bonds is 13. The van der Waals surface area contributed by atoms with E-state index in [2.05, 4.69) is 31.5 Å². The zero-order valence-corrected chi connectivity index (χ0v) is 37.1. The van der Waals surface area contributed by atoms with Crippen molar-refractivity contribution in [3.63, 3.8) is 0 Å². The van der Waals surface area contributed by atoms with Crippen LogP contribution in [0.2, 0.25) is 5.02 Å². The fourth-order valence-electron chi connectivity index (χ4n) is 7.56. The number of likely N-dealkylation sites (N-methyl/N-ethyl adjacent to an activating group) is 2. The lowest BCUT2D eigenvalue weighted by Gasteiger charge is -2.32. The van der Waals surface area contributed by atoms with Crippen molar-refractivity contribution in [3.05, 3.63) is 119 Å². The fraction of sp³-hybridized carbons (Fsp3) is 0.298. The van der Waals surface area contributed by atoms with E-state index in [0.29, 0.717) is 35.8 Å². The van der Waals surface area contributed by atoms with E-state index in [4.69, 9.17) is 17.3 Å². The molecule has 0 fully saturated rings. The van der Waals surface area contributed by atoms with Gasteiger partial charge in [0.05, 0.1) is 6.20 Å². The molecule has 0 saturated heterocycles. The van der Waals surface area contributed by atoms with Crippen LogP contribution < -0.4 is 31.9 Å². The minimum Gasteiger partial charge on any atom is -0.507 e. The molecule has 9 N–H and O–H groups in total. The third-order valence-electron chi connectivity index (χ3n) is 11.3. The molecule has 6 amide bonds. The number of aromatic nitrogens is 2. The molecular weight excluding hydrogens is 854 g/mol. The number of aromatic amines is 1. The lowest BCUT2D eigenvalue weighted by Crippen LogP contribution is -2.57. The van der Waals surface area contributed by atoms with E-state index in [0.717, 1.165) is 16.0 Å². The number of benzene rings is 4. The lowest BCUT2D eigenvalue weighted by atomic mass is 9.93. The molecule has 2 heterocycles. The number of anilines is 1. The first kappa shape index (κ1) is 47.2. The second-order valence-corrected chi connectivity index (χ2v) is 16.4. The Hall–Kier alpha value is -7.24. The van der Waals surface area contributed by atoms with E-state index in [-0.39, 0.29) is 46.6 Å². The Morgan fingerprint density at radius 1 is 0.831 bits per heavy atom. The Morgan fingerprint density at radius 3 is 2.12 bits per heavy atom. The Bertz CT molecular complexity index is 2540. The van der Waals surface area contributed by atoms with E-state index in [9.17, 15) is 39.0 Å². The van der Waals surface area contributed by atoms with Gasteiger partial charge in [0.1, 0.15) is 47.5 Å². The number of aromatic hydroxyl groups is 2. The molecule has 0 aliphatic carbocycles. The van der Waals surface area contributed by atoms with E-state index in [1.54, 1.807) is 48.5 Å². The average molecular weight is 906 g/mol. The zero-order chi connectivity index (χ0) is 46.9. The highest BCUT2D eigenvalue weighted by Crippen LogP contribution is 2.39. The smallest absolute Gasteiger partial charge is 0.251 e. The molecule has 340 valence electrons. The second kappa shape index (κ2) is 21.0. The third-order valence-corrected chi connectivity index (χ3v) is 11.5. The van der Waals surface area contributed by atoms with Gasteiger partial charge in [-0.2, -0.15) is 5.10 Å². The number of carbonyl (C=O) groups excluding carboxylic acids is 6. The van der Waals surface area contributed by atoms with Crippen molar-refractivity contribution >= 4 is 52.9 Å². The van der Waals surface area contributed by atoms with Crippen LogP contribution in [-0.4, -0.2) is 106 Å². The number of amides is 6. The van der Waals surface area contributed by atoms with Gasteiger partial charge in [-0.25, -0.2) is 0 Å². The molecule has 0 radical (unpaired) electrons. The van der Waals surface area contributed by atoms with Gasteiger partial charge in [-0.3, -0.25) is 38.8 Å². The Morgan fingerprint density at radius 2 is 1.48 bits per heavy atom. The van der Waals surface area contributed by atoms with Gasteiger partial charge in [-0.15, -0.1) is 0 Å². The molecule has 1 aliphatic heterocycles. The SMILES string of the molecule is CC1NC(=O)C(N(C)C(=O)C(CCCCN)NC(=O)c2ccc(-c3ccc(Cl)cc3)cc2)c2ccc(O)c(c2)-c2cc(ccc2O)CC(C(=O)NC(C)C(=O)N(C)c2ccn[nH]2)NC1=O. The topological polar surface area (TPSA) is 252 Å². The van der Waals surface area contributed by atoms with Gasteiger partial charge in [-0.05, 0) is 110 Å². The first-order valence-electron chi connectivity index (χ1n) is 21.0. The summed E-state index contributed by atoms with van der Waals surface area (Å²) in [7, 11) is 2.90. The number of fused-ring (bicyclic) bond motifs is 5. The molecule has 1 aliphatic rings. The summed E-state index contributed by atoms with van der Waals surface area (Å²) in [5, 5.41) is 40.3. The molecule has 5 atom stereocenters. The zero-order valence-electron chi connectivity index (χ0n) is 36.3. The van der Waals surface area contributed by atoms with E-state index in [1.165, 1.54) is 69.4 Å². The van der Waals surface area contributed by atoms with Crippen molar-refractivity contribution in [1.29, 1.82) is 0 Å². The quantitative estimate of drug-likeness (QED) is 0.0790. The Balaban J connectivity index is 1.30. The summed E-state index contributed by atoms with van der Waals surface area (Å²) < 4.78 is 0. The summed E-state index contributed by atoms with van der Waals surface area (Å²) in [6.07, 6.45) is 2.55. The number of nitrogens with two attached hydrogens (primary N) is 1. The maximum Gasteiger partial charge on any atom is 0.251 e. The molecule has 5 unspecified atom stereocenters. The van der Waals surface area contributed by atoms with Crippen LogP contribution in [0.25, 0.3) is 22.3 Å². The highest BCUT2D eigenvalue weighted by Gasteiger charge is 2.36. The summed E-state index contributed by atoms with van der Waals surface area (Å²) in [5.74, 6) is -4.04. The summed E-state index contributed by atoms with van der Waals surface area (Å²) in [6.45, 7) is 3.24. The first-order chi connectivity index (χ1) is 31.1.